The lowest BCUT2D eigenvalue weighted by atomic mass is 9.99. The number of rotatable bonds is 1. The molecule has 0 bridgehead atoms. The molecule has 1 heterocycles. The Morgan fingerprint density at radius 2 is 2.00 bits per heavy atom. The van der Waals surface area contributed by atoms with E-state index in [1.54, 1.807) is 0 Å². The highest BCUT2D eigenvalue weighted by Crippen LogP contribution is 2.36. The summed E-state index contributed by atoms with van der Waals surface area (Å²) in [6.45, 7) is 4.05. The largest absolute Gasteiger partial charge is 0.298 e. The highest BCUT2D eigenvalue weighted by molar-refractivity contribution is 5.82. The van der Waals surface area contributed by atoms with E-state index in [9.17, 15) is 4.79 Å². The van der Waals surface area contributed by atoms with Gasteiger partial charge in [-0.1, -0.05) is 12.8 Å². The van der Waals surface area contributed by atoms with Gasteiger partial charge in [-0.05, 0) is 19.8 Å². The molecule has 0 atom stereocenters. The molecule has 12 heavy (non-hydrogen) atoms. The quantitative estimate of drug-likeness (QED) is 0.591. The van der Waals surface area contributed by atoms with Crippen molar-refractivity contribution in [2.75, 3.05) is 13.1 Å². The summed E-state index contributed by atoms with van der Waals surface area (Å²) in [5.74, 6) is 0.433. The number of carbonyl (C=O) groups excluding carboxylic acids is 1. The van der Waals surface area contributed by atoms with Crippen LogP contribution < -0.4 is 0 Å². The molecule has 0 aromatic heterocycles. The predicted octanol–water partition coefficient (Wildman–Crippen LogP) is 1.59. The van der Waals surface area contributed by atoms with E-state index in [0.717, 1.165) is 19.5 Å². The smallest absolute Gasteiger partial charge is 0.148 e. The number of nitrogens with zero attached hydrogens (tertiary/aromatic N) is 1. The SMILES string of the molecule is CC1(N2CCC(=O)C2)CCCC1. The van der Waals surface area contributed by atoms with Gasteiger partial charge in [0.2, 0.25) is 0 Å². The van der Waals surface area contributed by atoms with Crippen molar-refractivity contribution >= 4 is 5.78 Å². The molecule has 0 amide bonds. The first-order chi connectivity index (χ1) is 5.71. The summed E-state index contributed by atoms with van der Waals surface area (Å²) in [5, 5.41) is 0. The van der Waals surface area contributed by atoms with Gasteiger partial charge >= 0.3 is 0 Å². The van der Waals surface area contributed by atoms with Gasteiger partial charge in [0, 0.05) is 18.5 Å². The van der Waals surface area contributed by atoms with Crippen LogP contribution in [0.25, 0.3) is 0 Å². The Morgan fingerprint density at radius 3 is 2.50 bits per heavy atom. The molecule has 0 N–H and O–H groups in total. The summed E-state index contributed by atoms with van der Waals surface area (Å²) >= 11 is 0. The Kier molecular flexibility index (Phi) is 1.95. The van der Waals surface area contributed by atoms with Crippen LogP contribution in [0.15, 0.2) is 0 Å². The third-order valence-electron chi connectivity index (χ3n) is 3.47. The third-order valence-corrected chi connectivity index (χ3v) is 3.47. The maximum Gasteiger partial charge on any atom is 0.148 e. The molecule has 1 aliphatic carbocycles. The van der Waals surface area contributed by atoms with Crippen LogP contribution in [0.3, 0.4) is 0 Å². The van der Waals surface area contributed by atoms with Crippen molar-refractivity contribution in [2.45, 2.75) is 44.6 Å². The molecule has 2 aliphatic rings. The first kappa shape index (κ1) is 8.24. The number of hydrogen-bond acceptors (Lipinski definition) is 2. The van der Waals surface area contributed by atoms with Gasteiger partial charge in [-0.3, -0.25) is 9.69 Å². The molecule has 1 aliphatic heterocycles. The molecule has 1 saturated carbocycles. The molecule has 2 rings (SSSR count). The van der Waals surface area contributed by atoms with E-state index >= 15 is 0 Å². The molecule has 0 aromatic rings. The molecule has 0 unspecified atom stereocenters. The van der Waals surface area contributed by atoms with E-state index in [1.807, 2.05) is 0 Å². The van der Waals surface area contributed by atoms with E-state index in [-0.39, 0.29) is 0 Å². The highest BCUT2D eigenvalue weighted by Gasteiger charge is 2.38. The van der Waals surface area contributed by atoms with E-state index in [2.05, 4.69) is 11.8 Å². The second kappa shape index (κ2) is 2.84. The van der Waals surface area contributed by atoms with E-state index in [0.29, 0.717) is 11.3 Å². The van der Waals surface area contributed by atoms with Crippen molar-refractivity contribution < 1.29 is 4.79 Å². The summed E-state index contributed by atoms with van der Waals surface area (Å²) in [5.41, 5.74) is 0.367. The first-order valence-electron chi connectivity index (χ1n) is 4.97. The van der Waals surface area contributed by atoms with Crippen molar-refractivity contribution in [3.8, 4) is 0 Å². The van der Waals surface area contributed by atoms with Crippen LogP contribution in [-0.4, -0.2) is 29.3 Å². The lowest BCUT2D eigenvalue weighted by molar-refractivity contribution is -0.117. The van der Waals surface area contributed by atoms with Crippen LogP contribution in [0.1, 0.15) is 39.0 Å². The molecular formula is C10H17NO. The molecular weight excluding hydrogens is 150 g/mol. The summed E-state index contributed by atoms with van der Waals surface area (Å²) in [6, 6.07) is 0. The average Bonchev–Trinajstić information content (AvgIpc) is 2.59. The Bertz CT molecular complexity index is 194. The van der Waals surface area contributed by atoms with Gasteiger partial charge in [0.05, 0.1) is 6.54 Å². The second-order valence-electron chi connectivity index (χ2n) is 4.41. The number of ketones is 1. The normalized spacial score (nSPS) is 29.9. The molecule has 0 radical (unpaired) electrons. The van der Waals surface area contributed by atoms with Gasteiger partial charge in [0.25, 0.3) is 0 Å². The standard InChI is InChI=1S/C10H17NO/c1-10(5-2-3-6-10)11-7-4-9(12)8-11/h2-8H2,1H3. The van der Waals surface area contributed by atoms with Crippen molar-refractivity contribution in [2.24, 2.45) is 0 Å². The first-order valence-corrected chi connectivity index (χ1v) is 4.97. The van der Waals surface area contributed by atoms with E-state index in [1.165, 1.54) is 25.7 Å². The van der Waals surface area contributed by atoms with Gasteiger partial charge in [-0.2, -0.15) is 0 Å². The van der Waals surface area contributed by atoms with Gasteiger partial charge < -0.3 is 0 Å². The lowest BCUT2D eigenvalue weighted by Gasteiger charge is -2.34. The zero-order valence-corrected chi connectivity index (χ0v) is 7.81. The summed E-state index contributed by atoms with van der Waals surface area (Å²) in [4.78, 5) is 13.5. The Balaban J connectivity index is 2.03. The fourth-order valence-electron chi connectivity index (χ4n) is 2.54. The monoisotopic (exact) mass is 167 g/mol. The molecule has 2 fully saturated rings. The minimum atomic E-state index is 0.367. The fourth-order valence-corrected chi connectivity index (χ4v) is 2.54. The number of carbonyl (C=O) groups is 1. The van der Waals surface area contributed by atoms with Crippen LogP contribution in [-0.2, 0) is 4.79 Å². The van der Waals surface area contributed by atoms with Crippen LogP contribution in [0, 0.1) is 0 Å². The fraction of sp³-hybridized carbons (Fsp3) is 0.900. The van der Waals surface area contributed by atoms with Crippen molar-refractivity contribution in [1.82, 2.24) is 4.90 Å². The van der Waals surface area contributed by atoms with Crippen LogP contribution >= 0.6 is 0 Å². The molecule has 68 valence electrons. The summed E-state index contributed by atoms with van der Waals surface area (Å²) in [6.07, 6.45) is 6.07. The molecule has 0 aromatic carbocycles. The summed E-state index contributed by atoms with van der Waals surface area (Å²) < 4.78 is 0. The number of hydrogen-bond donors (Lipinski definition) is 0. The van der Waals surface area contributed by atoms with Gasteiger partial charge in [0.15, 0.2) is 0 Å². The van der Waals surface area contributed by atoms with Gasteiger partial charge in [0.1, 0.15) is 5.78 Å². The Morgan fingerprint density at radius 1 is 1.33 bits per heavy atom. The van der Waals surface area contributed by atoms with Crippen molar-refractivity contribution in [3.05, 3.63) is 0 Å². The molecule has 0 spiro atoms. The maximum atomic E-state index is 11.1. The summed E-state index contributed by atoms with van der Waals surface area (Å²) in [7, 11) is 0. The van der Waals surface area contributed by atoms with E-state index < -0.39 is 0 Å². The second-order valence-corrected chi connectivity index (χ2v) is 4.41. The van der Waals surface area contributed by atoms with Gasteiger partial charge in [-0.25, -0.2) is 0 Å². The molecule has 1 saturated heterocycles. The Hall–Kier alpha value is -0.370. The number of Topliss-reactive ketones (excluding diaryl/α,β-unsaturated/α-hetero) is 1. The van der Waals surface area contributed by atoms with Crippen molar-refractivity contribution in [3.63, 3.8) is 0 Å². The zero-order chi connectivity index (χ0) is 8.60. The van der Waals surface area contributed by atoms with Crippen LogP contribution in [0.4, 0.5) is 0 Å². The lowest BCUT2D eigenvalue weighted by Crippen LogP contribution is -2.42. The molecule has 2 heteroatoms. The Labute approximate surface area is 73.9 Å². The zero-order valence-electron chi connectivity index (χ0n) is 7.81. The maximum absolute atomic E-state index is 11.1. The van der Waals surface area contributed by atoms with Crippen molar-refractivity contribution in [1.29, 1.82) is 0 Å². The average molecular weight is 167 g/mol. The van der Waals surface area contributed by atoms with Crippen LogP contribution in [0.5, 0.6) is 0 Å². The van der Waals surface area contributed by atoms with Gasteiger partial charge in [-0.15, -0.1) is 0 Å². The minimum Gasteiger partial charge on any atom is -0.298 e. The van der Waals surface area contributed by atoms with Crippen LogP contribution in [0.2, 0.25) is 0 Å². The number of likely N-dealkylation sites (tertiary alicyclic amines) is 1. The highest BCUT2D eigenvalue weighted by atomic mass is 16.1. The topological polar surface area (TPSA) is 20.3 Å². The molecule has 2 nitrogen and oxygen atoms in total. The third kappa shape index (κ3) is 1.28. The van der Waals surface area contributed by atoms with E-state index in [4.69, 9.17) is 0 Å². The predicted molar refractivity (Wildman–Crippen MR) is 48.1 cm³/mol. The minimum absolute atomic E-state index is 0.367.